The molecule has 1 atom stereocenters. The zero-order valence-corrected chi connectivity index (χ0v) is 8.92. The lowest BCUT2D eigenvalue weighted by Gasteiger charge is -2.12. The summed E-state index contributed by atoms with van der Waals surface area (Å²) < 4.78 is 18.8. The highest BCUT2D eigenvalue weighted by Gasteiger charge is 2.15. The number of benzene rings is 1. The Balaban J connectivity index is 1.94. The fourth-order valence-electron chi connectivity index (χ4n) is 1.81. The molecule has 0 bridgehead atoms. The van der Waals surface area contributed by atoms with Gasteiger partial charge in [-0.1, -0.05) is 6.07 Å². The molecule has 0 spiro atoms. The number of hydrogen-bond acceptors (Lipinski definition) is 2. The molecule has 1 fully saturated rings. The van der Waals surface area contributed by atoms with Gasteiger partial charge in [-0.05, 0) is 44.0 Å². The van der Waals surface area contributed by atoms with Gasteiger partial charge in [0, 0.05) is 6.04 Å². The second kappa shape index (κ2) is 4.62. The molecule has 0 unspecified atom stereocenters. The van der Waals surface area contributed by atoms with Crippen LogP contribution in [0.15, 0.2) is 18.2 Å². The van der Waals surface area contributed by atoms with Crippen molar-refractivity contribution in [3.63, 3.8) is 0 Å². The molecular weight excluding hydrogens is 193 g/mol. The van der Waals surface area contributed by atoms with E-state index in [1.165, 1.54) is 12.5 Å². The third-order valence-corrected chi connectivity index (χ3v) is 2.69. The van der Waals surface area contributed by atoms with Crippen LogP contribution in [0.2, 0.25) is 0 Å². The molecule has 0 amide bonds. The van der Waals surface area contributed by atoms with Crippen LogP contribution in [-0.2, 0) is 0 Å². The molecule has 0 radical (unpaired) electrons. The summed E-state index contributed by atoms with van der Waals surface area (Å²) >= 11 is 0. The van der Waals surface area contributed by atoms with Crippen LogP contribution in [0.25, 0.3) is 0 Å². The van der Waals surface area contributed by atoms with E-state index in [0.29, 0.717) is 18.4 Å². The number of ether oxygens (including phenoxy) is 1. The van der Waals surface area contributed by atoms with E-state index in [1.807, 2.05) is 6.92 Å². The molecular formula is C12H16FNO. The lowest BCUT2D eigenvalue weighted by Crippen LogP contribution is -2.28. The molecule has 1 heterocycles. The fourth-order valence-corrected chi connectivity index (χ4v) is 1.81. The number of rotatable bonds is 3. The predicted molar refractivity (Wildman–Crippen MR) is 57.7 cm³/mol. The quantitative estimate of drug-likeness (QED) is 0.824. The summed E-state index contributed by atoms with van der Waals surface area (Å²) in [7, 11) is 0. The Morgan fingerprint density at radius 1 is 1.53 bits per heavy atom. The van der Waals surface area contributed by atoms with E-state index in [4.69, 9.17) is 4.74 Å². The Morgan fingerprint density at radius 3 is 3.13 bits per heavy atom. The highest BCUT2D eigenvalue weighted by atomic mass is 19.1. The summed E-state index contributed by atoms with van der Waals surface area (Å²) in [5.74, 6) is 0.0855. The molecule has 1 aromatic carbocycles. The standard InChI is InChI=1S/C12H16FNO/c1-9-4-5-11(13)12(7-9)15-8-10-3-2-6-14-10/h4-5,7,10,14H,2-3,6,8H2,1H3/t10-/m1/s1. The van der Waals surface area contributed by atoms with E-state index < -0.39 is 0 Å². The van der Waals surface area contributed by atoms with Crippen LogP contribution in [0.1, 0.15) is 18.4 Å². The lowest BCUT2D eigenvalue weighted by atomic mass is 10.2. The van der Waals surface area contributed by atoms with Crippen LogP contribution in [-0.4, -0.2) is 19.2 Å². The number of halogens is 1. The van der Waals surface area contributed by atoms with E-state index in [1.54, 1.807) is 12.1 Å². The molecule has 0 aliphatic carbocycles. The van der Waals surface area contributed by atoms with Gasteiger partial charge in [0.2, 0.25) is 0 Å². The van der Waals surface area contributed by atoms with Gasteiger partial charge in [0.15, 0.2) is 11.6 Å². The SMILES string of the molecule is Cc1ccc(F)c(OC[C@H]2CCCN2)c1. The minimum Gasteiger partial charge on any atom is -0.489 e. The highest BCUT2D eigenvalue weighted by Crippen LogP contribution is 2.19. The molecule has 3 heteroatoms. The Kier molecular flexibility index (Phi) is 3.21. The first-order valence-electron chi connectivity index (χ1n) is 5.38. The van der Waals surface area contributed by atoms with Gasteiger partial charge in [0.25, 0.3) is 0 Å². The first-order valence-corrected chi connectivity index (χ1v) is 5.38. The van der Waals surface area contributed by atoms with Gasteiger partial charge >= 0.3 is 0 Å². The average molecular weight is 209 g/mol. The first-order chi connectivity index (χ1) is 7.25. The Bertz CT molecular complexity index is 334. The predicted octanol–water partition coefficient (Wildman–Crippen LogP) is 2.26. The van der Waals surface area contributed by atoms with Crippen molar-refractivity contribution in [1.29, 1.82) is 0 Å². The van der Waals surface area contributed by atoms with Gasteiger partial charge < -0.3 is 10.1 Å². The number of hydrogen-bond donors (Lipinski definition) is 1. The van der Waals surface area contributed by atoms with E-state index in [9.17, 15) is 4.39 Å². The number of nitrogens with one attached hydrogen (secondary N) is 1. The van der Waals surface area contributed by atoms with E-state index in [2.05, 4.69) is 5.32 Å². The van der Waals surface area contributed by atoms with Crippen LogP contribution in [0, 0.1) is 12.7 Å². The molecule has 1 saturated heterocycles. The Hall–Kier alpha value is -1.09. The second-order valence-corrected chi connectivity index (χ2v) is 4.04. The smallest absolute Gasteiger partial charge is 0.165 e. The summed E-state index contributed by atoms with van der Waals surface area (Å²) in [4.78, 5) is 0. The lowest BCUT2D eigenvalue weighted by molar-refractivity contribution is 0.265. The first kappa shape index (κ1) is 10.4. The zero-order valence-electron chi connectivity index (χ0n) is 8.92. The van der Waals surface area contributed by atoms with E-state index in [0.717, 1.165) is 18.5 Å². The van der Waals surface area contributed by atoms with Crippen LogP contribution >= 0.6 is 0 Å². The van der Waals surface area contributed by atoms with Crippen molar-refractivity contribution in [3.8, 4) is 5.75 Å². The zero-order chi connectivity index (χ0) is 10.7. The minimum absolute atomic E-state index is 0.279. The van der Waals surface area contributed by atoms with E-state index >= 15 is 0 Å². The molecule has 1 aromatic rings. The molecule has 2 nitrogen and oxygen atoms in total. The summed E-state index contributed by atoms with van der Waals surface area (Å²) in [6.45, 7) is 3.53. The van der Waals surface area contributed by atoms with Gasteiger partial charge in [-0.3, -0.25) is 0 Å². The molecule has 2 rings (SSSR count). The third kappa shape index (κ3) is 2.69. The fraction of sp³-hybridized carbons (Fsp3) is 0.500. The van der Waals surface area contributed by atoms with Crippen molar-refractivity contribution in [2.75, 3.05) is 13.2 Å². The van der Waals surface area contributed by atoms with Gasteiger partial charge in [-0.15, -0.1) is 0 Å². The second-order valence-electron chi connectivity index (χ2n) is 4.04. The van der Waals surface area contributed by atoms with Crippen molar-refractivity contribution < 1.29 is 9.13 Å². The molecule has 1 aliphatic rings. The summed E-state index contributed by atoms with van der Waals surface area (Å²) in [5, 5.41) is 3.31. The average Bonchev–Trinajstić information content (AvgIpc) is 2.72. The van der Waals surface area contributed by atoms with Crippen molar-refractivity contribution >= 4 is 0 Å². The van der Waals surface area contributed by atoms with Crippen LogP contribution in [0.5, 0.6) is 5.75 Å². The van der Waals surface area contributed by atoms with E-state index in [-0.39, 0.29) is 5.82 Å². The molecule has 1 N–H and O–H groups in total. The van der Waals surface area contributed by atoms with Gasteiger partial charge in [-0.25, -0.2) is 4.39 Å². The third-order valence-electron chi connectivity index (χ3n) is 2.69. The molecule has 82 valence electrons. The summed E-state index contributed by atoms with van der Waals surface area (Å²) in [6.07, 6.45) is 2.30. The number of aryl methyl sites for hydroxylation is 1. The molecule has 1 aliphatic heterocycles. The maximum Gasteiger partial charge on any atom is 0.165 e. The van der Waals surface area contributed by atoms with Crippen LogP contribution < -0.4 is 10.1 Å². The maximum atomic E-state index is 13.3. The van der Waals surface area contributed by atoms with Crippen molar-refractivity contribution in [2.24, 2.45) is 0 Å². The van der Waals surface area contributed by atoms with Crippen LogP contribution in [0.3, 0.4) is 0 Å². The largest absolute Gasteiger partial charge is 0.489 e. The van der Waals surface area contributed by atoms with Gasteiger partial charge in [0.05, 0.1) is 0 Å². The van der Waals surface area contributed by atoms with Crippen molar-refractivity contribution in [1.82, 2.24) is 5.32 Å². The topological polar surface area (TPSA) is 21.3 Å². The normalized spacial score (nSPS) is 20.5. The van der Waals surface area contributed by atoms with Gasteiger partial charge in [-0.2, -0.15) is 0 Å². The Labute approximate surface area is 89.4 Å². The van der Waals surface area contributed by atoms with Gasteiger partial charge in [0.1, 0.15) is 6.61 Å². The monoisotopic (exact) mass is 209 g/mol. The highest BCUT2D eigenvalue weighted by molar-refractivity contribution is 5.29. The van der Waals surface area contributed by atoms with Crippen molar-refractivity contribution in [3.05, 3.63) is 29.6 Å². The minimum atomic E-state index is -0.279. The summed E-state index contributed by atoms with van der Waals surface area (Å²) in [5.41, 5.74) is 1.02. The maximum absolute atomic E-state index is 13.3. The molecule has 0 aromatic heterocycles. The Morgan fingerprint density at radius 2 is 2.40 bits per heavy atom. The van der Waals surface area contributed by atoms with Crippen LogP contribution in [0.4, 0.5) is 4.39 Å². The molecule has 0 saturated carbocycles. The molecule has 15 heavy (non-hydrogen) atoms. The van der Waals surface area contributed by atoms with Crippen molar-refractivity contribution in [2.45, 2.75) is 25.8 Å². The summed E-state index contributed by atoms with van der Waals surface area (Å²) in [6, 6.07) is 5.32.